The van der Waals surface area contributed by atoms with Gasteiger partial charge in [-0.25, -0.2) is 0 Å². The van der Waals surface area contributed by atoms with Crippen LogP contribution in [0.5, 0.6) is 0 Å². The van der Waals surface area contributed by atoms with Crippen LogP contribution >= 0.6 is 0 Å². The van der Waals surface area contributed by atoms with Gasteiger partial charge < -0.3 is 15.0 Å². The Hall–Kier alpha value is -1.58. The van der Waals surface area contributed by atoms with Gasteiger partial charge in [-0.05, 0) is 29.5 Å². The predicted octanol–water partition coefficient (Wildman–Crippen LogP) is 3.03. The smallest absolute Gasteiger partial charge is 0.0584 e. The summed E-state index contributed by atoms with van der Waals surface area (Å²) in [6.45, 7) is 6.26. The molecule has 1 heterocycles. The lowest BCUT2D eigenvalue weighted by atomic mass is 10.0. The second-order valence-electron chi connectivity index (χ2n) is 6.07. The molecule has 21 heavy (non-hydrogen) atoms. The third-order valence-corrected chi connectivity index (χ3v) is 3.59. The molecule has 0 saturated carbocycles. The maximum Gasteiger partial charge on any atom is 0.0584 e. The molecular formula is C18H26N2O. The molecule has 3 heteroatoms. The fourth-order valence-electron chi connectivity index (χ4n) is 2.54. The summed E-state index contributed by atoms with van der Waals surface area (Å²) in [5.41, 5.74) is 2.56. The van der Waals surface area contributed by atoms with Crippen molar-refractivity contribution in [2.45, 2.75) is 39.4 Å². The van der Waals surface area contributed by atoms with Gasteiger partial charge in [0.2, 0.25) is 0 Å². The van der Waals surface area contributed by atoms with Crippen LogP contribution in [0.1, 0.15) is 31.4 Å². The van der Waals surface area contributed by atoms with E-state index < -0.39 is 0 Å². The summed E-state index contributed by atoms with van der Waals surface area (Å²) >= 11 is 0. The van der Waals surface area contributed by atoms with E-state index in [-0.39, 0.29) is 12.6 Å². The van der Waals surface area contributed by atoms with Crippen molar-refractivity contribution in [1.82, 2.24) is 9.88 Å². The van der Waals surface area contributed by atoms with Crippen LogP contribution in [0.2, 0.25) is 0 Å². The Morgan fingerprint density at radius 3 is 2.52 bits per heavy atom. The molecule has 3 nitrogen and oxygen atoms in total. The van der Waals surface area contributed by atoms with Gasteiger partial charge in [0.1, 0.15) is 0 Å². The zero-order chi connectivity index (χ0) is 15.1. The van der Waals surface area contributed by atoms with Crippen LogP contribution in [-0.4, -0.2) is 22.3 Å². The molecule has 0 spiro atoms. The highest BCUT2D eigenvalue weighted by molar-refractivity contribution is 5.17. The Morgan fingerprint density at radius 1 is 1.10 bits per heavy atom. The van der Waals surface area contributed by atoms with Crippen LogP contribution in [-0.2, 0) is 13.1 Å². The van der Waals surface area contributed by atoms with Crippen molar-refractivity contribution < 1.29 is 5.11 Å². The lowest BCUT2D eigenvalue weighted by Crippen LogP contribution is -2.33. The monoisotopic (exact) mass is 286 g/mol. The Morgan fingerprint density at radius 2 is 1.86 bits per heavy atom. The first-order chi connectivity index (χ1) is 10.2. The van der Waals surface area contributed by atoms with Gasteiger partial charge in [-0.2, -0.15) is 0 Å². The van der Waals surface area contributed by atoms with Gasteiger partial charge in [0.25, 0.3) is 0 Å². The molecule has 1 atom stereocenters. The zero-order valence-electron chi connectivity index (χ0n) is 13.0. The number of aliphatic hydroxyl groups is 1. The van der Waals surface area contributed by atoms with Gasteiger partial charge >= 0.3 is 0 Å². The molecule has 1 aromatic carbocycles. The number of nitrogens with zero attached hydrogens (tertiary/aromatic N) is 1. The quantitative estimate of drug-likeness (QED) is 0.782. The maximum atomic E-state index is 9.39. The van der Waals surface area contributed by atoms with Crippen molar-refractivity contribution in [2.75, 3.05) is 6.61 Å². The number of hydrogen-bond acceptors (Lipinski definition) is 2. The topological polar surface area (TPSA) is 37.2 Å². The van der Waals surface area contributed by atoms with E-state index in [0.717, 1.165) is 19.5 Å². The number of nitrogens with one attached hydrogen (secondary N) is 1. The molecule has 1 aromatic heterocycles. The highest BCUT2D eigenvalue weighted by Gasteiger charge is 2.09. The fraction of sp³-hybridized carbons (Fsp3) is 0.444. The molecule has 0 aliphatic carbocycles. The molecule has 0 bridgehead atoms. The van der Waals surface area contributed by atoms with Gasteiger partial charge in [-0.15, -0.1) is 0 Å². The summed E-state index contributed by atoms with van der Waals surface area (Å²) in [6.07, 6.45) is 5.28. The van der Waals surface area contributed by atoms with Gasteiger partial charge in [0.05, 0.1) is 6.61 Å². The van der Waals surface area contributed by atoms with Crippen molar-refractivity contribution in [1.29, 1.82) is 0 Å². The van der Waals surface area contributed by atoms with E-state index in [1.54, 1.807) is 0 Å². The largest absolute Gasteiger partial charge is 0.395 e. The van der Waals surface area contributed by atoms with E-state index in [4.69, 9.17) is 0 Å². The third-order valence-electron chi connectivity index (χ3n) is 3.59. The third kappa shape index (κ3) is 5.37. The molecule has 0 radical (unpaired) electrons. The average Bonchev–Trinajstić information content (AvgIpc) is 2.91. The molecule has 1 unspecified atom stereocenters. The van der Waals surface area contributed by atoms with Crippen molar-refractivity contribution in [2.24, 2.45) is 5.92 Å². The molecule has 2 N–H and O–H groups in total. The maximum absolute atomic E-state index is 9.39. The molecule has 2 rings (SSSR count). The summed E-state index contributed by atoms with van der Waals surface area (Å²) in [6, 6.07) is 12.8. The first-order valence-electron chi connectivity index (χ1n) is 7.70. The molecule has 0 aliphatic rings. The standard InChI is InChI=1S/C18H26N2O/c1-15(2)10-18(14-21)19-11-17-8-9-20(13-17)12-16-6-4-3-5-7-16/h3-9,13,15,18-19,21H,10-12,14H2,1-2H3. The van der Waals surface area contributed by atoms with Crippen molar-refractivity contribution in [3.05, 3.63) is 59.9 Å². The summed E-state index contributed by atoms with van der Waals surface area (Å²) in [4.78, 5) is 0. The molecule has 0 saturated heterocycles. The number of aliphatic hydroxyl groups excluding tert-OH is 1. The summed E-state index contributed by atoms with van der Waals surface area (Å²) in [7, 11) is 0. The van der Waals surface area contributed by atoms with Crippen molar-refractivity contribution in [3.63, 3.8) is 0 Å². The summed E-state index contributed by atoms with van der Waals surface area (Å²) < 4.78 is 2.20. The molecule has 114 valence electrons. The van der Waals surface area contributed by atoms with Crippen LogP contribution in [0.3, 0.4) is 0 Å². The number of aromatic nitrogens is 1. The van der Waals surface area contributed by atoms with Crippen molar-refractivity contribution in [3.8, 4) is 0 Å². The fourth-order valence-corrected chi connectivity index (χ4v) is 2.54. The summed E-state index contributed by atoms with van der Waals surface area (Å²) in [5.74, 6) is 0.595. The van der Waals surface area contributed by atoms with E-state index >= 15 is 0 Å². The van der Waals surface area contributed by atoms with Gasteiger partial charge in [0.15, 0.2) is 0 Å². The van der Waals surface area contributed by atoms with Crippen molar-refractivity contribution >= 4 is 0 Å². The first kappa shape index (κ1) is 15.8. The first-order valence-corrected chi connectivity index (χ1v) is 7.70. The lowest BCUT2D eigenvalue weighted by Gasteiger charge is -2.17. The minimum absolute atomic E-state index is 0.183. The van der Waals surface area contributed by atoms with E-state index in [9.17, 15) is 5.11 Å². The highest BCUT2D eigenvalue weighted by Crippen LogP contribution is 2.08. The normalized spacial score (nSPS) is 12.8. The Balaban J connectivity index is 1.85. The van der Waals surface area contributed by atoms with E-state index in [1.807, 2.05) is 6.07 Å². The minimum atomic E-state index is 0.183. The highest BCUT2D eigenvalue weighted by atomic mass is 16.3. The Labute approximate surface area is 127 Å². The van der Waals surface area contributed by atoms with Crippen LogP contribution in [0, 0.1) is 5.92 Å². The molecular weight excluding hydrogens is 260 g/mol. The molecule has 0 aliphatic heterocycles. The minimum Gasteiger partial charge on any atom is -0.395 e. The van der Waals surface area contributed by atoms with Gasteiger partial charge in [-0.3, -0.25) is 0 Å². The number of rotatable bonds is 8. The van der Waals surface area contributed by atoms with Crippen LogP contribution in [0.4, 0.5) is 0 Å². The van der Waals surface area contributed by atoms with Gasteiger partial charge in [0, 0.05) is 31.5 Å². The van der Waals surface area contributed by atoms with Crippen LogP contribution in [0.15, 0.2) is 48.8 Å². The number of hydrogen-bond donors (Lipinski definition) is 2. The van der Waals surface area contributed by atoms with E-state index in [2.05, 4.69) is 66.5 Å². The predicted molar refractivity (Wildman–Crippen MR) is 87.1 cm³/mol. The van der Waals surface area contributed by atoms with Gasteiger partial charge in [-0.1, -0.05) is 44.2 Å². The van der Waals surface area contributed by atoms with E-state index in [1.165, 1.54) is 11.1 Å². The lowest BCUT2D eigenvalue weighted by molar-refractivity contribution is 0.223. The molecule has 0 amide bonds. The van der Waals surface area contributed by atoms with Crippen LogP contribution < -0.4 is 5.32 Å². The molecule has 0 fully saturated rings. The number of benzene rings is 1. The average molecular weight is 286 g/mol. The Kier molecular flexibility index (Phi) is 6.03. The summed E-state index contributed by atoms with van der Waals surface area (Å²) in [5, 5.41) is 12.8. The molecule has 2 aromatic rings. The zero-order valence-corrected chi connectivity index (χ0v) is 13.0. The Bertz CT molecular complexity index is 519. The SMILES string of the molecule is CC(C)CC(CO)NCc1ccn(Cc2ccccc2)c1. The second kappa shape index (κ2) is 8.01. The van der Waals surface area contributed by atoms with E-state index in [0.29, 0.717) is 5.92 Å². The van der Waals surface area contributed by atoms with Crippen LogP contribution in [0.25, 0.3) is 0 Å². The second-order valence-corrected chi connectivity index (χ2v) is 6.07.